The lowest BCUT2D eigenvalue weighted by Gasteiger charge is -2.27. The fraction of sp³-hybridized carbons (Fsp3) is 0.500. The molecule has 1 N–H and O–H groups in total. The minimum Gasteiger partial charge on any atom is -0.466 e. The number of carbonyl (C=O) groups excluding carboxylic acids is 1. The van der Waals surface area contributed by atoms with E-state index in [9.17, 15) is 9.90 Å². The van der Waals surface area contributed by atoms with Crippen LogP contribution in [0.15, 0.2) is 24.3 Å². The minimum absolute atomic E-state index is 0.199. The first-order valence-electron chi connectivity index (χ1n) is 6.16. The highest BCUT2D eigenvalue weighted by Gasteiger charge is 2.28. The lowest BCUT2D eigenvalue weighted by molar-refractivity contribution is -0.144. The summed E-state index contributed by atoms with van der Waals surface area (Å²) in [4.78, 5) is 11.3. The van der Waals surface area contributed by atoms with E-state index >= 15 is 0 Å². The van der Waals surface area contributed by atoms with Gasteiger partial charge in [0.15, 0.2) is 0 Å². The van der Waals surface area contributed by atoms with Crippen LogP contribution < -0.4 is 0 Å². The van der Waals surface area contributed by atoms with Crippen LogP contribution in [0.4, 0.5) is 0 Å². The highest BCUT2D eigenvalue weighted by molar-refractivity contribution is 6.30. The summed E-state index contributed by atoms with van der Waals surface area (Å²) in [6.07, 6.45) is 1.06. The second-order valence-corrected chi connectivity index (χ2v) is 4.64. The average Bonchev–Trinajstić information content (AvgIpc) is 2.36. The number of hydrogen-bond donors (Lipinski definition) is 1. The molecule has 0 saturated carbocycles. The third-order valence-electron chi connectivity index (χ3n) is 2.99. The van der Waals surface area contributed by atoms with Gasteiger partial charge in [0, 0.05) is 11.4 Å². The summed E-state index contributed by atoms with van der Waals surface area (Å²) >= 11 is 5.92. The van der Waals surface area contributed by atoms with E-state index in [1.807, 2.05) is 13.0 Å². The monoisotopic (exact) mass is 270 g/mol. The molecule has 3 nitrogen and oxygen atoms in total. The van der Waals surface area contributed by atoms with Crippen molar-refractivity contribution in [2.24, 2.45) is 0 Å². The first-order chi connectivity index (χ1) is 8.51. The number of aliphatic hydroxyl groups is 1. The molecule has 0 saturated heterocycles. The molecule has 0 aliphatic heterocycles. The zero-order valence-corrected chi connectivity index (χ0v) is 11.5. The highest BCUT2D eigenvalue weighted by Crippen LogP contribution is 2.31. The van der Waals surface area contributed by atoms with Crippen LogP contribution in [0.3, 0.4) is 0 Å². The SMILES string of the molecule is CCOC(=O)CCC(O)(CC)c1cccc(Cl)c1. The second kappa shape index (κ2) is 6.76. The van der Waals surface area contributed by atoms with E-state index in [0.717, 1.165) is 5.56 Å². The van der Waals surface area contributed by atoms with Crippen molar-refractivity contribution in [1.29, 1.82) is 0 Å². The summed E-state index contributed by atoms with van der Waals surface area (Å²) < 4.78 is 4.87. The molecule has 1 aromatic carbocycles. The van der Waals surface area contributed by atoms with Crippen LogP contribution in [0.25, 0.3) is 0 Å². The Morgan fingerprint density at radius 3 is 2.72 bits per heavy atom. The molecule has 100 valence electrons. The standard InChI is InChI=1S/C14H19ClO3/c1-3-14(17,9-8-13(16)18-4-2)11-6-5-7-12(15)10-11/h5-7,10,17H,3-4,8-9H2,1-2H3. The van der Waals surface area contributed by atoms with Crippen LogP contribution in [-0.2, 0) is 15.1 Å². The van der Waals surface area contributed by atoms with E-state index < -0.39 is 5.60 Å². The van der Waals surface area contributed by atoms with Gasteiger partial charge in [-0.05, 0) is 37.5 Å². The third kappa shape index (κ3) is 4.00. The van der Waals surface area contributed by atoms with Gasteiger partial charge < -0.3 is 9.84 Å². The maximum absolute atomic E-state index is 11.3. The van der Waals surface area contributed by atoms with Crippen molar-refractivity contribution in [1.82, 2.24) is 0 Å². The molecule has 0 aliphatic rings. The van der Waals surface area contributed by atoms with Crippen molar-refractivity contribution in [2.75, 3.05) is 6.61 Å². The summed E-state index contributed by atoms with van der Waals surface area (Å²) in [5.41, 5.74) is -0.292. The third-order valence-corrected chi connectivity index (χ3v) is 3.23. The molecule has 0 amide bonds. The summed E-state index contributed by atoms with van der Waals surface area (Å²) in [6, 6.07) is 7.10. The molecule has 1 unspecified atom stereocenters. The molecule has 0 bridgehead atoms. The van der Waals surface area contributed by atoms with Gasteiger partial charge in [-0.2, -0.15) is 0 Å². The maximum atomic E-state index is 11.3. The number of carbonyl (C=O) groups is 1. The molecule has 0 fully saturated rings. The Kier molecular flexibility index (Phi) is 5.63. The van der Waals surface area contributed by atoms with Crippen LogP contribution in [-0.4, -0.2) is 17.7 Å². The Morgan fingerprint density at radius 2 is 2.17 bits per heavy atom. The van der Waals surface area contributed by atoms with Crippen molar-refractivity contribution in [3.8, 4) is 0 Å². The van der Waals surface area contributed by atoms with Crippen LogP contribution >= 0.6 is 11.6 Å². The topological polar surface area (TPSA) is 46.5 Å². The van der Waals surface area contributed by atoms with Gasteiger partial charge in [0.2, 0.25) is 0 Å². The molecule has 0 aliphatic carbocycles. The molecule has 0 spiro atoms. The number of benzene rings is 1. The number of rotatable bonds is 6. The highest BCUT2D eigenvalue weighted by atomic mass is 35.5. The largest absolute Gasteiger partial charge is 0.466 e. The molecular formula is C14H19ClO3. The molecule has 18 heavy (non-hydrogen) atoms. The zero-order valence-electron chi connectivity index (χ0n) is 10.8. The van der Waals surface area contributed by atoms with Crippen molar-refractivity contribution in [2.45, 2.75) is 38.7 Å². The molecule has 0 heterocycles. The van der Waals surface area contributed by atoms with E-state index in [4.69, 9.17) is 16.3 Å². The van der Waals surface area contributed by atoms with Gasteiger partial charge in [-0.25, -0.2) is 0 Å². The first-order valence-corrected chi connectivity index (χ1v) is 6.53. The maximum Gasteiger partial charge on any atom is 0.305 e. The van der Waals surface area contributed by atoms with Gasteiger partial charge in [-0.3, -0.25) is 4.79 Å². The first kappa shape index (κ1) is 15.0. The fourth-order valence-electron chi connectivity index (χ4n) is 1.85. The van der Waals surface area contributed by atoms with Gasteiger partial charge >= 0.3 is 5.97 Å². The predicted octanol–water partition coefficient (Wildman–Crippen LogP) is 3.28. The Labute approximate surface area is 113 Å². The van der Waals surface area contributed by atoms with E-state index in [0.29, 0.717) is 24.5 Å². The van der Waals surface area contributed by atoms with Crippen LogP contribution in [0.5, 0.6) is 0 Å². The number of halogens is 1. The molecule has 1 aromatic rings. The Bertz CT molecular complexity index is 406. The Balaban J connectivity index is 2.76. The Morgan fingerprint density at radius 1 is 1.44 bits per heavy atom. The molecule has 0 aromatic heterocycles. The molecule has 1 atom stereocenters. The number of ether oxygens (including phenoxy) is 1. The Hall–Kier alpha value is -1.06. The quantitative estimate of drug-likeness (QED) is 0.807. The fourth-order valence-corrected chi connectivity index (χ4v) is 2.04. The molecule has 4 heteroatoms. The van der Waals surface area contributed by atoms with Crippen LogP contribution in [0, 0.1) is 0 Å². The summed E-state index contributed by atoms with van der Waals surface area (Å²) in [5, 5.41) is 11.1. The van der Waals surface area contributed by atoms with Gasteiger partial charge in [-0.15, -0.1) is 0 Å². The van der Waals surface area contributed by atoms with Gasteiger partial charge in [0.05, 0.1) is 12.2 Å². The van der Waals surface area contributed by atoms with E-state index in [-0.39, 0.29) is 12.4 Å². The van der Waals surface area contributed by atoms with Crippen molar-refractivity contribution in [3.05, 3.63) is 34.9 Å². The normalized spacial score (nSPS) is 14.0. The zero-order chi connectivity index (χ0) is 13.6. The molecule has 1 rings (SSSR count). The molecular weight excluding hydrogens is 252 g/mol. The summed E-state index contributed by atoms with van der Waals surface area (Å²) in [5.74, 6) is -0.286. The predicted molar refractivity (Wildman–Crippen MR) is 71.5 cm³/mol. The van der Waals surface area contributed by atoms with E-state index in [1.54, 1.807) is 25.1 Å². The van der Waals surface area contributed by atoms with Gasteiger partial charge in [0.1, 0.15) is 0 Å². The lowest BCUT2D eigenvalue weighted by atomic mass is 9.87. The van der Waals surface area contributed by atoms with Crippen molar-refractivity contribution >= 4 is 17.6 Å². The smallest absolute Gasteiger partial charge is 0.305 e. The van der Waals surface area contributed by atoms with Crippen molar-refractivity contribution in [3.63, 3.8) is 0 Å². The van der Waals surface area contributed by atoms with E-state index in [1.165, 1.54) is 0 Å². The lowest BCUT2D eigenvalue weighted by Crippen LogP contribution is -2.26. The van der Waals surface area contributed by atoms with Gasteiger partial charge in [0.25, 0.3) is 0 Å². The number of hydrogen-bond acceptors (Lipinski definition) is 3. The van der Waals surface area contributed by atoms with Crippen LogP contribution in [0.2, 0.25) is 5.02 Å². The van der Waals surface area contributed by atoms with E-state index in [2.05, 4.69) is 0 Å². The van der Waals surface area contributed by atoms with Gasteiger partial charge in [-0.1, -0.05) is 30.7 Å². The average molecular weight is 271 g/mol. The molecule has 0 radical (unpaired) electrons. The van der Waals surface area contributed by atoms with Crippen molar-refractivity contribution < 1.29 is 14.6 Å². The minimum atomic E-state index is -1.03. The second-order valence-electron chi connectivity index (χ2n) is 4.20. The van der Waals surface area contributed by atoms with Crippen LogP contribution in [0.1, 0.15) is 38.7 Å². The summed E-state index contributed by atoms with van der Waals surface area (Å²) in [6.45, 7) is 4.01. The number of esters is 1. The summed E-state index contributed by atoms with van der Waals surface area (Å²) in [7, 11) is 0.